The minimum absolute atomic E-state index is 0.0130. The highest BCUT2D eigenvalue weighted by atomic mass is 79.9. The van der Waals surface area contributed by atoms with Crippen molar-refractivity contribution in [1.82, 2.24) is 0 Å². The standard InChI is InChI=1S/C13H7Br2N3O6.C7H4Br2O2/c14-9-3-7(4-10(15)13(9)19)6-16-24-12-2-1-8(17(20)21)5-11(12)18(22)23;8-5-1-4(3-10)2-6(9)7(5)11/h1-6,19H;1-3,11H/b16-6+;. The van der Waals surface area contributed by atoms with Crippen LogP contribution in [-0.2, 0) is 0 Å². The van der Waals surface area contributed by atoms with Gasteiger partial charge in [-0.25, -0.2) is 0 Å². The van der Waals surface area contributed by atoms with Gasteiger partial charge in [-0.2, -0.15) is 0 Å². The first kappa shape index (κ1) is 28.4. The smallest absolute Gasteiger partial charge is 0.321 e. The summed E-state index contributed by atoms with van der Waals surface area (Å²) in [6.45, 7) is 0. The summed E-state index contributed by atoms with van der Waals surface area (Å²) in [5, 5.41) is 44.1. The molecule has 0 aliphatic carbocycles. The van der Waals surface area contributed by atoms with Crippen LogP contribution in [0.3, 0.4) is 0 Å². The third kappa shape index (κ3) is 7.81. The molecule has 11 nitrogen and oxygen atoms in total. The second-order valence-corrected chi connectivity index (χ2v) is 9.69. The van der Waals surface area contributed by atoms with Gasteiger partial charge in [-0.15, -0.1) is 0 Å². The van der Waals surface area contributed by atoms with E-state index in [1.165, 1.54) is 6.21 Å². The molecule has 0 spiro atoms. The number of phenols is 2. The number of hydrogen-bond donors (Lipinski definition) is 2. The van der Waals surface area contributed by atoms with E-state index in [4.69, 9.17) is 4.84 Å². The van der Waals surface area contributed by atoms with E-state index >= 15 is 0 Å². The van der Waals surface area contributed by atoms with Crippen molar-refractivity contribution in [1.29, 1.82) is 0 Å². The number of nitrogens with zero attached hydrogens (tertiary/aromatic N) is 3. The van der Waals surface area contributed by atoms with Gasteiger partial charge in [-0.3, -0.25) is 25.0 Å². The van der Waals surface area contributed by atoms with E-state index in [0.717, 1.165) is 24.5 Å². The first-order chi connectivity index (χ1) is 16.4. The van der Waals surface area contributed by atoms with E-state index in [9.17, 15) is 35.2 Å². The molecule has 0 saturated carbocycles. The summed E-state index contributed by atoms with van der Waals surface area (Å²) in [6, 6.07) is 9.16. The van der Waals surface area contributed by atoms with Gasteiger partial charge in [-0.05, 0) is 99.6 Å². The quantitative estimate of drug-likeness (QED) is 0.120. The molecule has 0 radical (unpaired) electrons. The van der Waals surface area contributed by atoms with Gasteiger partial charge >= 0.3 is 5.69 Å². The third-order valence-corrected chi connectivity index (χ3v) is 6.34. The fraction of sp³-hybridized carbons (Fsp3) is 0. The Morgan fingerprint density at radius 3 is 1.71 bits per heavy atom. The van der Waals surface area contributed by atoms with Crippen LogP contribution < -0.4 is 4.84 Å². The fourth-order valence-electron chi connectivity index (χ4n) is 2.30. The van der Waals surface area contributed by atoms with E-state index in [2.05, 4.69) is 68.9 Å². The highest BCUT2D eigenvalue weighted by Gasteiger charge is 2.21. The van der Waals surface area contributed by atoms with E-state index in [1.54, 1.807) is 24.3 Å². The molecule has 0 saturated heterocycles. The number of phenolic OH excluding ortho intramolecular Hbond substituents is 2. The summed E-state index contributed by atoms with van der Waals surface area (Å²) in [5.74, 6) is -0.117. The lowest BCUT2D eigenvalue weighted by Crippen LogP contribution is -1.96. The van der Waals surface area contributed by atoms with Gasteiger partial charge in [0.25, 0.3) is 5.69 Å². The summed E-state index contributed by atoms with van der Waals surface area (Å²) in [7, 11) is 0. The Bertz CT molecular complexity index is 1290. The molecule has 0 heterocycles. The van der Waals surface area contributed by atoms with E-state index < -0.39 is 21.2 Å². The zero-order valence-corrected chi connectivity index (χ0v) is 23.2. The van der Waals surface area contributed by atoms with E-state index in [-0.39, 0.29) is 17.2 Å². The van der Waals surface area contributed by atoms with Crippen molar-refractivity contribution >= 4 is 87.6 Å². The SMILES string of the molecule is O=Cc1cc(Br)c(O)c(Br)c1.O=[N+]([O-])c1ccc(O/N=C/c2cc(Br)c(O)c(Br)c2)c([N+](=O)[O-])c1. The van der Waals surface area contributed by atoms with Crippen LogP contribution in [0.2, 0.25) is 0 Å². The lowest BCUT2D eigenvalue weighted by molar-refractivity contribution is -0.394. The molecule has 0 amide bonds. The summed E-state index contributed by atoms with van der Waals surface area (Å²) < 4.78 is 1.85. The molecule has 182 valence electrons. The number of oxime groups is 1. The Balaban J connectivity index is 0.000000328. The molecule has 0 atom stereocenters. The second-order valence-electron chi connectivity index (χ2n) is 6.28. The first-order valence-corrected chi connectivity index (χ1v) is 12.1. The topological polar surface area (TPSA) is 165 Å². The predicted octanol–water partition coefficient (Wildman–Crippen LogP) is 6.88. The third-order valence-electron chi connectivity index (χ3n) is 3.92. The van der Waals surface area contributed by atoms with Crippen LogP contribution in [0.5, 0.6) is 17.2 Å². The van der Waals surface area contributed by atoms with Gasteiger partial charge in [0.1, 0.15) is 17.8 Å². The molecule has 0 unspecified atom stereocenters. The molecular weight excluding hydrogens is 730 g/mol. The Hall–Kier alpha value is -2.88. The van der Waals surface area contributed by atoms with Crippen LogP contribution >= 0.6 is 63.7 Å². The van der Waals surface area contributed by atoms with Crippen LogP contribution in [0.25, 0.3) is 0 Å². The Morgan fingerprint density at radius 2 is 1.29 bits per heavy atom. The zero-order chi connectivity index (χ0) is 26.3. The predicted molar refractivity (Wildman–Crippen MR) is 140 cm³/mol. The molecule has 0 aliphatic heterocycles. The molecule has 35 heavy (non-hydrogen) atoms. The molecule has 3 aromatic rings. The van der Waals surface area contributed by atoms with E-state index in [1.807, 2.05) is 0 Å². The van der Waals surface area contributed by atoms with Crippen molar-refractivity contribution in [2.24, 2.45) is 5.16 Å². The summed E-state index contributed by atoms with van der Waals surface area (Å²) >= 11 is 12.5. The van der Waals surface area contributed by atoms with Gasteiger partial charge in [0.2, 0.25) is 5.75 Å². The molecule has 3 rings (SSSR count). The van der Waals surface area contributed by atoms with Crippen LogP contribution in [0, 0.1) is 20.2 Å². The minimum Gasteiger partial charge on any atom is -0.506 e. The number of nitro groups is 2. The largest absolute Gasteiger partial charge is 0.506 e. The van der Waals surface area contributed by atoms with Gasteiger partial charge in [0.15, 0.2) is 0 Å². The monoisotopic (exact) mass is 737 g/mol. The number of aromatic hydroxyl groups is 2. The number of aldehydes is 1. The maximum absolute atomic E-state index is 11.0. The van der Waals surface area contributed by atoms with Crippen LogP contribution in [0.4, 0.5) is 11.4 Å². The van der Waals surface area contributed by atoms with Gasteiger partial charge in [0, 0.05) is 11.6 Å². The first-order valence-electron chi connectivity index (χ1n) is 8.89. The molecular formula is C20H11Br4N3O8. The van der Waals surface area contributed by atoms with E-state index in [0.29, 0.717) is 29.0 Å². The summed E-state index contributed by atoms with van der Waals surface area (Å²) in [5.41, 5.74) is 0.0523. The van der Waals surface area contributed by atoms with Crippen LogP contribution in [0.15, 0.2) is 65.5 Å². The minimum atomic E-state index is -0.800. The normalized spacial score (nSPS) is 10.4. The van der Waals surface area contributed by atoms with Gasteiger partial charge in [0.05, 0.1) is 40.0 Å². The lowest BCUT2D eigenvalue weighted by atomic mass is 10.2. The van der Waals surface area contributed by atoms with Crippen molar-refractivity contribution in [3.05, 3.63) is 91.7 Å². The Morgan fingerprint density at radius 1 is 0.800 bits per heavy atom. The maximum Gasteiger partial charge on any atom is 0.321 e. The number of nitro benzene ring substituents is 2. The number of carbonyl (C=O) groups excluding carboxylic acids is 1. The average Bonchev–Trinajstić information content (AvgIpc) is 2.80. The maximum atomic E-state index is 11.0. The molecule has 0 aliphatic rings. The Labute approximate surface area is 230 Å². The van der Waals surface area contributed by atoms with Crippen molar-refractivity contribution < 1.29 is 29.7 Å². The second kappa shape index (κ2) is 12.7. The van der Waals surface area contributed by atoms with Crippen molar-refractivity contribution in [3.63, 3.8) is 0 Å². The lowest BCUT2D eigenvalue weighted by Gasteiger charge is -2.02. The van der Waals surface area contributed by atoms with Crippen molar-refractivity contribution in [2.75, 3.05) is 0 Å². The molecule has 0 fully saturated rings. The van der Waals surface area contributed by atoms with Crippen molar-refractivity contribution in [2.45, 2.75) is 0 Å². The van der Waals surface area contributed by atoms with Crippen molar-refractivity contribution in [3.8, 4) is 17.2 Å². The molecule has 0 aromatic heterocycles. The van der Waals surface area contributed by atoms with Gasteiger partial charge < -0.3 is 15.1 Å². The number of benzene rings is 3. The van der Waals surface area contributed by atoms with Crippen LogP contribution in [-0.4, -0.2) is 32.6 Å². The fourth-order valence-corrected chi connectivity index (χ4v) is 4.74. The highest BCUT2D eigenvalue weighted by Crippen LogP contribution is 2.34. The average molecular weight is 741 g/mol. The zero-order valence-electron chi connectivity index (χ0n) is 16.9. The van der Waals surface area contributed by atoms with Gasteiger partial charge in [-0.1, -0.05) is 5.16 Å². The highest BCUT2D eigenvalue weighted by molar-refractivity contribution is 9.11. The molecule has 3 aromatic carbocycles. The Kier molecular flexibility index (Phi) is 10.3. The number of carbonyl (C=O) groups is 1. The number of rotatable bonds is 6. The number of halogens is 4. The molecule has 2 N–H and O–H groups in total. The molecule has 15 heteroatoms. The number of hydrogen-bond acceptors (Lipinski definition) is 9. The summed E-state index contributed by atoms with van der Waals surface area (Å²) in [6.07, 6.45) is 1.98. The van der Waals surface area contributed by atoms with Crippen LogP contribution in [0.1, 0.15) is 15.9 Å². The summed E-state index contributed by atoms with van der Waals surface area (Å²) in [4.78, 5) is 35.3. The number of non-ortho nitro benzene ring substituents is 1. The molecule has 0 bridgehead atoms.